The first-order valence-electron chi connectivity index (χ1n) is 10.9. The van der Waals surface area contributed by atoms with Crippen molar-refractivity contribution in [1.82, 2.24) is 20.4 Å². The first-order chi connectivity index (χ1) is 14.9. The number of benzene rings is 1. The van der Waals surface area contributed by atoms with Crippen molar-refractivity contribution in [3.63, 3.8) is 0 Å². The number of aryl methyl sites for hydroxylation is 1. The average Bonchev–Trinajstić information content (AvgIpc) is 2.73. The summed E-state index contributed by atoms with van der Waals surface area (Å²) < 4.78 is 0. The van der Waals surface area contributed by atoms with Crippen molar-refractivity contribution >= 4 is 11.8 Å². The fraction of sp³-hybridized carbons (Fsp3) is 0.619. The lowest BCUT2D eigenvalue weighted by Gasteiger charge is -2.21. The van der Waals surface area contributed by atoms with Crippen molar-refractivity contribution < 1.29 is 9.59 Å². The summed E-state index contributed by atoms with van der Waals surface area (Å²) in [6, 6.07) is 5.16. The van der Waals surface area contributed by atoms with Gasteiger partial charge in [0.2, 0.25) is 0 Å². The Morgan fingerprint density at radius 3 is 1.35 bits per heavy atom. The second kappa shape index (κ2) is 15.7. The fourth-order valence-electron chi connectivity index (χ4n) is 3.31. The summed E-state index contributed by atoms with van der Waals surface area (Å²) in [5.74, 6) is -0.425. The normalized spacial score (nSPS) is 11.2. The second-order valence-corrected chi connectivity index (χ2v) is 7.44. The molecular formula is C21H40N8O2. The number of hydrogen-bond acceptors (Lipinski definition) is 8. The SMILES string of the molecule is Cc1cc(C(=O)NCCN(CCN)CCN)cc(C(=O)NCCN(CCN)CCN)c1. The molecule has 0 aromatic heterocycles. The van der Waals surface area contributed by atoms with Gasteiger partial charge in [-0.25, -0.2) is 0 Å². The van der Waals surface area contributed by atoms with Crippen molar-refractivity contribution in [3.05, 3.63) is 34.9 Å². The van der Waals surface area contributed by atoms with Gasteiger partial charge in [-0.15, -0.1) is 0 Å². The van der Waals surface area contributed by atoms with E-state index in [-0.39, 0.29) is 11.8 Å². The summed E-state index contributed by atoms with van der Waals surface area (Å²) in [7, 11) is 0. The molecule has 1 aromatic carbocycles. The minimum absolute atomic E-state index is 0.213. The van der Waals surface area contributed by atoms with Gasteiger partial charge in [-0.05, 0) is 30.7 Å². The van der Waals surface area contributed by atoms with E-state index in [4.69, 9.17) is 22.9 Å². The molecule has 2 amide bonds. The highest BCUT2D eigenvalue weighted by molar-refractivity contribution is 6.00. The Bertz CT molecular complexity index is 607. The Labute approximate surface area is 185 Å². The van der Waals surface area contributed by atoms with Crippen LogP contribution >= 0.6 is 0 Å². The van der Waals surface area contributed by atoms with E-state index in [0.29, 0.717) is 63.5 Å². The monoisotopic (exact) mass is 436 g/mol. The van der Waals surface area contributed by atoms with Crippen LogP contribution in [0.4, 0.5) is 0 Å². The van der Waals surface area contributed by atoms with Crippen LogP contribution in [-0.4, -0.2) is 100 Å². The quantitative estimate of drug-likeness (QED) is 0.171. The number of nitrogens with zero attached hydrogens (tertiary/aromatic N) is 2. The summed E-state index contributed by atoms with van der Waals surface area (Å²) in [6.45, 7) is 9.25. The Morgan fingerprint density at radius 2 is 1.03 bits per heavy atom. The number of nitrogens with two attached hydrogens (primary N) is 4. The predicted molar refractivity (Wildman–Crippen MR) is 125 cm³/mol. The molecule has 10 N–H and O–H groups in total. The van der Waals surface area contributed by atoms with E-state index in [1.807, 2.05) is 6.92 Å². The zero-order valence-electron chi connectivity index (χ0n) is 18.7. The zero-order chi connectivity index (χ0) is 23.1. The number of carbonyl (C=O) groups is 2. The Balaban J connectivity index is 2.62. The molecule has 0 radical (unpaired) electrons. The van der Waals surface area contributed by atoms with Crippen molar-refractivity contribution in [2.24, 2.45) is 22.9 Å². The zero-order valence-corrected chi connectivity index (χ0v) is 18.7. The van der Waals surface area contributed by atoms with E-state index in [1.54, 1.807) is 18.2 Å². The van der Waals surface area contributed by atoms with Gasteiger partial charge >= 0.3 is 0 Å². The van der Waals surface area contributed by atoms with Crippen molar-refractivity contribution in [2.45, 2.75) is 6.92 Å². The lowest BCUT2D eigenvalue weighted by molar-refractivity contribution is 0.0948. The maximum absolute atomic E-state index is 12.6. The van der Waals surface area contributed by atoms with Crippen LogP contribution in [0.5, 0.6) is 0 Å². The third-order valence-electron chi connectivity index (χ3n) is 4.81. The molecule has 0 fully saturated rings. The maximum atomic E-state index is 12.6. The molecule has 10 nitrogen and oxygen atoms in total. The summed E-state index contributed by atoms with van der Waals surface area (Å²) in [6.07, 6.45) is 0. The molecule has 0 bridgehead atoms. The molecule has 0 atom stereocenters. The summed E-state index contributed by atoms with van der Waals surface area (Å²) in [5.41, 5.74) is 24.2. The van der Waals surface area contributed by atoms with Gasteiger partial charge in [-0.2, -0.15) is 0 Å². The molecule has 0 unspecified atom stereocenters. The first-order valence-corrected chi connectivity index (χ1v) is 10.9. The van der Waals surface area contributed by atoms with E-state index in [2.05, 4.69) is 20.4 Å². The molecule has 176 valence electrons. The number of amides is 2. The van der Waals surface area contributed by atoms with Crippen molar-refractivity contribution in [1.29, 1.82) is 0 Å². The number of nitrogens with one attached hydrogen (secondary N) is 2. The molecule has 0 saturated carbocycles. The van der Waals surface area contributed by atoms with Crippen LogP contribution in [0.25, 0.3) is 0 Å². The lowest BCUT2D eigenvalue weighted by Crippen LogP contribution is -2.40. The van der Waals surface area contributed by atoms with Crippen LogP contribution in [-0.2, 0) is 0 Å². The Hall–Kier alpha value is -2.08. The van der Waals surface area contributed by atoms with Gasteiger partial charge in [0.05, 0.1) is 0 Å². The fourth-order valence-corrected chi connectivity index (χ4v) is 3.31. The average molecular weight is 437 g/mol. The van der Waals surface area contributed by atoms with Gasteiger partial charge in [-0.1, -0.05) is 0 Å². The van der Waals surface area contributed by atoms with Crippen molar-refractivity contribution in [2.75, 3.05) is 78.5 Å². The highest BCUT2D eigenvalue weighted by Crippen LogP contribution is 2.10. The molecule has 0 spiro atoms. The van der Waals surface area contributed by atoms with Crippen LogP contribution in [0.15, 0.2) is 18.2 Å². The summed E-state index contributed by atoms with van der Waals surface area (Å²) in [4.78, 5) is 29.4. The number of carbonyl (C=O) groups excluding carboxylic acids is 2. The molecule has 0 aliphatic carbocycles. The summed E-state index contributed by atoms with van der Waals surface area (Å²) >= 11 is 0. The number of rotatable bonds is 16. The second-order valence-electron chi connectivity index (χ2n) is 7.44. The van der Waals surface area contributed by atoms with Gasteiger partial charge < -0.3 is 33.6 Å². The lowest BCUT2D eigenvalue weighted by atomic mass is 10.1. The third-order valence-corrected chi connectivity index (χ3v) is 4.81. The van der Waals surface area contributed by atoms with E-state index in [9.17, 15) is 9.59 Å². The largest absolute Gasteiger partial charge is 0.351 e. The minimum Gasteiger partial charge on any atom is -0.351 e. The van der Waals surface area contributed by atoms with Crippen LogP contribution in [0.1, 0.15) is 26.3 Å². The highest BCUT2D eigenvalue weighted by Gasteiger charge is 2.13. The van der Waals surface area contributed by atoms with Gasteiger partial charge in [0.25, 0.3) is 11.8 Å². The molecule has 31 heavy (non-hydrogen) atoms. The van der Waals surface area contributed by atoms with Crippen LogP contribution < -0.4 is 33.6 Å². The smallest absolute Gasteiger partial charge is 0.251 e. The van der Waals surface area contributed by atoms with E-state index < -0.39 is 0 Å². The molecule has 0 heterocycles. The van der Waals surface area contributed by atoms with Crippen LogP contribution in [0, 0.1) is 6.92 Å². The van der Waals surface area contributed by atoms with Crippen LogP contribution in [0.3, 0.4) is 0 Å². The number of hydrogen-bond donors (Lipinski definition) is 6. The van der Waals surface area contributed by atoms with Crippen molar-refractivity contribution in [3.8, 4) is 0 Å². The first kappa shape index (κ1) is 27.0. The molecule has 0 aliphatic heterocycles. The molecule has 1 aromatic rings. The molecule has 0 aliphatic rings. The minimum atomic E-state index is -0.213. The molecule has 1 rings (SSSR count). The Kier molecular flexibility index (Phi) is 13.6. The molecular weight excluding hydrogens is 396 g/mol. The third kappa shape index (κ3) is 10.7. The van der Waals surface area contributed by atoms with Gasteiger partial charge in [0, 0.05) is 89.7 Å². The highest BCUT2D eigenvalue weighted by atomic mass is 16.2. The standard InChI is InChI=1S/C21H40N8O2/c1-17-14-18(20(30)26-6-12-28(8-2-22)9-3-23)16-19(15-17)21(31)27-7-13-29(10-4-24)11-5-25/h14-16H,2-13,22-25H2,1H3,(H,26,30)(H,27,31). The van der Waals surface area contributed by atoms with E-state index in [0.717, 1.165) is 31.7 Å². The van der Waals surface area contributed by atoms with Gasteiger partial charge in [-0.3, -0.25) is 19.4 Å². The van der Waals surface area contributed by atoms with Gasteiger partial charge in [0.1, 0.15) is 0 Å². The van der Waals surface area contributed by atoms with Crippen LogP contribution in [0.2, 0.25) is 0 Å². The molecule has 0 saturated heterocycles. The Morgan fingerprint density at radius 1 is 0.677 bits per heavy atom. The predicted octanol–water partition coefficient (Wildman–Crippen LogP) is -2.11. The van der Waals surface area contributed by atoms with E-state index >= 15 is 0 Å². The van der Waals surface area contributed by atoms with Gasteiger partial charge in [0.15, 0.2) is 0 Å². The van der Waals surface area contributed by atoms with E-state index in [1.165, 1.54) is 0 Å². The maximum Gasteiger partial charge on any atom is 0.251 e. The summed E-state index contributed by atoms with van der Waals surface area (Å²) in [5, 5.41) is 5.80. The topological polar surface area (TPSA) is 169 Å². The molecule has 10 heteroatoms.